The van der Waals surface area contributed by atoms with E-state index in [1.165, 1.54) is 0 Å². The van der Waals surface area contributed by atoms with Gasteiger partial charge in [0.05, 0.1) is 17.9 Å². The zero-order chi connectivity index (χ0) is 13.8. The summed E-state index contributed by atoms with van der Waals surface area (Å²) in [6.45, 7) is 3.76. The number of nitrogens with zero attached hydrogens (tertiary/aromatic N) is 3. The standard InChI is InChI=1S/C13H23N5O/c1-3-12(14)13(19)16-10-5-4-6-18(8-10)11-7-15-17(2)9-11/h7,9-10,12H,3-6,8,14H2,1-2H3,(H,16,19)/t10?,12-/m0/s1. The summed E-state index contributed by atoms with van der Waals surface area (Å²) in [5, 5.41) is 7.23. The molecule has 3 N–H and O–H groups in total. The summed E-state index contributed by atoms with van der Waals surface area (Å²) in [5.41, 5.74) is 6.86. The third-order valence-electron chi connectivity index (χ3n) is 3.60. The van der Waals surface area contributed by atoms with Crippen molar-refractivity contribution in [2.75, 3.05) is 18.0 Å². The van der Waals surface area contributed by atoms with Gasteiger partial charge in [-0.15, -0.1) is 0 Å². The Hall–Kier alpha value is -1.56. The molecule has 1 saturated heterocycles. The minimum atomic E-state index is -0.395. The molecule has 1 aliphatic rings. The number of piperidine rings is 1. The molecule has 0 bridgehead atoms. The molecular formula is C13H23N5O. The van der Waals surface area contributed by atoms with Crippen molar-refractivity contribution >= 4 is 11.6 Å². The average molecular weight is 265 g/mol. The number of rotatable bonds is 4. The molecule has 0 spiro atoms. The number of carbonyl (C=O) groups is 1. The van der Waals surface area contributed by atoms with Crippen molar-refractivity contribution in [3.8, 4) is 0 Å². The number of amides is 1. The highest BCUT2D eigenvalue weighted by atomic mass is 16.2. The van der Waals surface area contributed by atoms with E-state index in [9.17, 15) is 4.79 Å². The van der Waals surface area contributed by atoms with Crippen LogP contribution in [0.4, 0.5) is 5.69 Å². The third kappa shape index (κ3) is 3.47. The van der Waals surface area contributed by atoms with Crippen molar-refractivity contribution in [3.05, 3.63) is 12.4 Å². The monoisotopic (exact) mass is 265 g/mol. The smallest absolute Gasteiger partial charge is 0.237 e. The Balaban J connectivity index is 1.92. The Kier molecular flexibility index (Phi) is 4.42. The van der Waals surface area contributed by atoms with Gasteiger partial charge in [0, 0.05) is 32.4 Å². The maximum absolute atomic E-state index is 11.8. The van der Waals surface area contributed by atoms with Crippen molar-refractivity contribution in [1.82, 2.24) is 15.1 Å². The van der Waals surface area contributed by atoms with Gasteiger partial charge in [0.15, 0.2) is 0 Å². The van der Waals surface area contributed by atoms with E-state index in [1.807, 2.05) is 26.4 Å². The van der Waals surface area contributed by atoms with E-state index in [4.69, 9.17) is 5.73 Å². The second kappa shape index (κ2) is 6.06. The van der Waals surface area contributed by atoms with E-state index in [0.717, 1.165) is 31.6 Å². The van der Waals surface area contributed by atoms with Crippen LogP contribution in [0.2, 0.25) is 0 Å². The zero-order valence-electron chi connectivity index (χ0n) is 11.7. The van der Waals surface area contributed by atoms with E-state index in [-0.39, 0.29) is 11.9 Å². The van der Waals surface area contributed by atoms with Crippen molar-refractivity contribution in [1.29, 1.82) is 0 Å². The van der Waals surface area contributed by atoms with Gasteiger partial charge in [-0.2, -0.15) is 5.10 Å². The predicted octanol–water partition coefficient (Wildman–Crippen LogP) is 0.242. The van der Waals surface area contributed by atoms with Crippen LogP contribution in [0.3, 0.4) is 0 Å². The van der Waals surface area contributed by atoms with Gasteiger partial charge < -0.3 is 16.0 Å². The molecule has 6 nitrogen and oxygen atoms in total. The van der Waals surface area contributed by atoms with Crippen LogP contribution in [0.1, 0.15) is 26.2 Å². The topological polar surface area (TPSA) is 76.2 Å². The molecule has 0 saturated carbocycles. The van der Waals surface area contributed by atoms with E-state index >= 15 is 0 Å². The molecule has 2 rings (SSSR count). The van der Waals surface area contributed by atoms with E-state index in [1.54, 1.807) is 4.68 Å². The molecular weight excluding hydrogens is 242 g/mol. The molecule has 1 aromatic rings. The fourth-order valence-electron chi connectivity index (χ4n) is 2.39. The van der Waals surface area contributed by atoms with Gasteiger partial charge in [0.2, 0.25) is 5.91 Å². The molecule has 1 aromatic heterocycles. The first-order valence-electron chi connectivity index (χ1n) is 6.89. The Morgan fingerprint density at radius 3 is 3.11 bits per heavy atom. The minimum Gasteiger partial charge on any atom is -0.367 e. The fraction of sp³-hybridized carbons (Fsp3) is 0.692. The highest BCUT2D eigenvalue weighted by Gasteiger charge is 2.23. The summed E-state index contributed by atoms with van der Waals surface area (Å²) < 4.78 is 1.80. The number of nitrogens with two attached hydrogens (primary N) is 1. The third-order valence-corrected chi connectivity index (χ3v) is 3.60. The van der Waals surface area contributed by atoms with Crippen LogP contribution in [0.15, 0.2) is 12.4 Å². The van der Waals surface area contributed by atoms with Crippen molar-refractivity contribution < 1.29 is 4.79 Å². The summed E-state index contributed by atoms with van der Waals surface area (Å²) in [6, 6.07) is -0.215. The normalized spacial score (nSPS) is 21.2. The van der Waals surface area contributed by atoms with Crippen LogP contribution in [0.5, 0.6) is 0 Å². The van der Waals surface area contributed by atoms with Gasteiger partial charge in [0.25, 0.3) is 0 Å². The van der Waals surface area contributed by atoms with Crippen LogP contribution in [0, 0.1) is 0 Å². The molecule has 1 aliphatic heterocycles. The molecule has 19 heavy (non-hydrogen) atoms. The Labute approximate surface area is 113 Å². The lowest BCUT2D eigenvalue weighted by Crippen LogP contribution is -2.51. The number of anilines is 1. The first-order valence-corrected chi connectivity index (χ1v) is 6.89. The van der Waals surface area contributed by atoms with E-state index in [2.05, 4.69) is 15.3 Å². The molecule has 6 heteroatoms. The largest absolute Gasteiger partial charge is 0.367 e. The SMILES string of the molecule is CC[C@H](N)C(=O)NC1CCCN(c2cnn(C)c2)C1. The van der Waals surface area contributed by atoms with Gasteiger partial charge in [-0.1, -0.05) is 6.92 Å². The number of aryl methyl sites for hydroxylation is 1. The quantitative estimate of drug-likeness (QED) is 0.818. The summed E-state index contributed by atoms with van der Waals surface area (Å²) in [7, 11) is 1.91. The first-order chi connectivity index (χ1) is 9.10. The maximum Gasteiger partial charge on any atom is 0.237 e. The van der Waals surface area contributed by atoms with Gasteiger partial charge in [0.1, 0.15) is 0 Å². The van der Waals surface area contributed by atoms with Crippen molar-refractivity contribution in [2.45, 2.75) is 38.3 Å². The average Bonchev–Trinajstić information content (AvgIpc) is 2.84. The lowest BCUT2D eigenvalue weighted by atomic mass is 10.0. The number of nitrogens with one attached hydrogen (secondary N) is 1. The molecule has 1 unspecified atom stereocenters. The number of aromatic nitrogens is 2. The Morgan fingerprint density at radius 2 is 2.47 bits per heavy atom. The lowest BCUT2D eigenvalue weighted by Gasteiger charge is -2.34. The molecule has 2 heterocycles. The van der Waals surface area contributed by atoms with Crippen LogP contribution in [-0.2, 0) is 11.8 Å². The molecule has 106 valence electrons. The highest BCUT2D eigenvalue weighted by Crippen LogP contribution is 2.18. The molecule has 0 aliphatic carbocycles. The molecule has 1 fully saturated rings. The van der Waals surface area contributed by atoms with E-state index in [0.29, 0.717) is 6.42 Å². The number of hydrogen-bond donors (Lipinski definition) is 2. The minimum absolute atomic E-state index is 0.0412. The molecule has 0 aromatic carbocycles. The molecule has 2 atom stereocenters. The summed E-state index contributed by atoms with van der Waals surface area (Å²) in [4.78, 5) is 14.1. The number of carbonyl (C=O) groups excluding carboxylic acids is 1. The van der Waals surface area contributed by atoms with Crippen LogP contribution >= 0.6 is 0 Å². The summed E-state index contributed by atoms with van der Waals surface area (Å²) in [6.07, 6.45) is 6.62. The fourth-order valence-corrected chi connectivity index (χ4v) is 2.39. The molecule has 0 radical (unpaired) electrons. The zero-order valence-corrected chi connectivity index (χ0v) is 11.7. The predicted molar refractivity (Wildman–Crippen MR) is 74.9 cm³/mol. The van der Waals surface area contributed by atoms with E-state index < -0.39 is 6.04 Å². The van der Waals surface area contributed by atoms with Gasteiger partial charge in [-0.05, 0) is 19.3 Å². The van der Waals surface area contributed by atoms with Crippen molar-refractivity contribution in [3.63, 3.8) is 0 Å². The van der Waals surface area contributed by atoms with Crippen molar-refractivity contribution in [2.24, 2.45) is 12.8 Å². The van der Waals surface area contributed by atoms with Gasteiger partial charge in [-0.3, -0.25) is 9.48 Å². The molecule has 1 amide bonds. The second-order valence-electron chi connectivity index (χ2n) is 5.18. The Morgan fingerprint density at radius 1 is 1.68 bits per heavy atom. The second-order valence-corrected chi connectivity index (χ2v) is 5.18. The van der Waals surface area contributed by atoms with Gasteiger partial charge in [-0.25, -0.2) is 0 Å². The summed E-state index contributed by atoms with van der Waals surface area (Å²) >= 11 is 0. The summed E-state index contributed by atoms with van der Waals surface area (Å²) in [5.74, 6) is -0.0412. The first kappa shape index (κ1) is 13.9. The van der Waals surface area contributed by atoms with Crippen LogP contribution < -0.4 is 16.0 Å². The van der Waals surface area contributed by atoms with Gasteiger partial charge >= 0.3 is 0 Å². The Bertz CT molecular complexity index is 430. The highest BCUT2D eigenvalue weighted by molar-refractivity contribution is 5.81. The van der Waals surface area contributed by atoms with Crippen LogP contribution in [-0.4, -0.2) is 40.9 Å². The van der Waals surface area contributed by atoms with Crippen LogP contribution in [0.25, 0.3) is 0 Å². The number of hydrogen-bond acceptors (Lipinski definition) is 4. The maximum atomic E-state index is 11.8. The lowest BCUT2D eigenvalue weighted by molar-refractivity contribution is -0.123.